The van der Waals surface area contributed by atoms with Crippen LogP contribution in [0.15, 0.2) is 9.47 Å². The molecule has 1 aliphatic carbocycles. The van der Waals surface area contributed by atoms with Gasteiger partial charge in [-0.1, -0.05) is 6.08 Å². The minimum atomic E-state index is -0.0709. The molecule has 110 valence electrons. The van der Waals surface area contributed by atoms with Crippen LogP contribution in [0.1, 0.15) is 25.7 Å². The molecule has 2 rings (SSSR count). The van der Waals surface area contributed by atoms with E-state index < -0.39 is 0 Å². The molecular weight excluding hydrogens is 412 g/mol. The van der Waals surface area contributed by atoms with Crippen LogP contribution < -0.4 is 0 Å². The van der Waals surface area contributed by atoms with E-state index in [9.17, 15) is 0 Å². The SMILES string of the molecule is COCO[C@]1(C2SCCCS2)CCC[C@@H]1C=C(Br)Br. The Labute approximate surface area is 141 Å². The fourth-order valence-corrected chi connectivity index (χ4v) is 7.00. The van der Waals surface area contributed by atoms with E-state index in [1.54, 1.807) is 7.11 Å². The zero-order chi connectivity index (χ0) is 13.7. The molecule has 2 atom stereocenters. The van der Waals surface area contributed by atoms with Crippen molar-refractivity contribution in [2.75, 3.05) is 25.4 Å². The van der Waals surface area contributed by atoms with Crippen molar-refractivity contribution in [2.45, 2.75) is 35.9 Å². The quantitative estimate of drug-likeness (QED) is 0.571. The molecule has 0 amide bonds. The van der Waals surface area contributed by atoms with Gasteiger partial charge in [0.1, 0.15) is 6.79 Å². The van der Waals surface area contributed by atoms with Gasteiger partial charge in [-0.05, 0) is 69.0 Å². The van der Waals surface area contributed by atoms with Gasteiger partial charge in [0.15, 0.2) is 0 Å². The fraction of sp³-hybridized carbons (Fsp3) is 0.846. The standard InChI is InChI=1S/C13H20Br2O2S2/c1-16-9-17-13(12-18-6-3-7-19-12)5-2-4-10(13)8-11(14)15/h8,10,12H,2-7,9H2,1H3/t10-,13-/m1/s1. The Balaban J connectivity index is 2.19. The number of rotatable bonds is 5. The highest BCUT2D eigenvalue weighted by Gasteiger charge is 2.50. The van der Waals surface area contributed by atoms with Crippen LogP contribution in [0.5, 0.6) is 0 Å². The Morgan fingerprint density at radius 2 is 2.05 bits per heavy atom. The minimum Gasteiger partial charge on any atom is -0.359 e. The van der Waals surface area contributed by atoms with Gasteiger partial charge in [-0.3, -0.25) is 0 Å². The molecule has 1 heterocycles. The van der Waals surface area contributed by atoms with E-state index in [1.807, 2.05) is 0 Å². The van der Waals surface area contributed by atoms with Crippen molar-refractivity contribution in [3.05, 3.63) is 9.47 Å². The number of halogens is 2. The lowest BCUT2D eigenvalue weighted by molar-refractivity contribution is -0.132. The molecule has 0 aromatic carbocycles. The van der Waals surface area contributed by atoms with Gasteiger partial charge in [-0.25, -0.2) is 0 Å². The summed E-state index contributed by atoms with van der Waals surface area (Å²) in [6.45, 7) is 0.391. The predicted octanol–water partition coefficient (Wildman–Crippen LogP) is 4.97. The van der Waals surface area contributed by atoms with Gasteiger partial charge in [0.25, 0.3) is 0 Å². The highest BCUT2D eigenvalue weighted by molar-refractivity contribution is 9.28. The zero-order valence-electron chi connectivity index (χ0n) is 11.1. The first kappa shape index (κ1) is 16.7. The molecule has 1 saturated heterocycles. The van der Waals surface area contributed by atoms with Crippen LogP contribution in [-0.4, -0.2) is 35.6 Å². The zero-order valence-corrected chi connectivity index (χ0v) is 15.9. The van der Waals surface area contributed by atoms with Gasteiger partial charge >= 0.3 is 0 Å². The summed E-state index contributed by atoms with van der Waals surface area (Å²) in [6, 6.07) is 0. The van der Waals surface area contributed by atoms with Crippen LogP contribution in [0.25, 0.3) is 0 Å². The van der Waals surface area contributed by atoms with Crippen molar-refractivity contribution in [2.24, 2.45) is 5.92 Å². The Bertz CT molecular complexity index is 318. The molecular formula is C13H20Br2O2S2. The largest absolute Gasteiger partial charge is 0.359 e. The third-order valence-electron chi connectivity index (χ3n) is 3.71. The molecule has 2 fully saturated rings. The van der Waals surface area contributed by atoms with E-state index >= 15 is 0 Å². The van der Waals surface area contributed by atoms with Crippen LogP contribution in [0.2, 0.25) is 0 Å². The van der Waals surface area contributed by atoms with Crippen molar-refractivity contribution < 1.29 is 9.47 Å². The molecule has 0 bridgehead atoms. The summed E-state index contributed by atoms with van der Waals surface area (Å²) in [5.41, 5.74) is -0.0709. The first-order valence-electron chi connectivity index (χ1n) is 6.58. The summed E-state index contributed by atoms with van der Waals surface area (Å²) < 4.78 is 13.0. The molecule has 2 aliphatic rings. The minimum absolute atomic E-state index is 0.0709. The van der Waals surface area contributed by atoms with Crippen molar-refractivity contribution in [1.29, 1.82) is 0 Å². The molecule has 0 spiro atoms. The van der Waals surface area contributed by atoms with Crippen LogP contribution in [0.4, 0.5) is 0 Å². The monoisotopic (exact) mass is 430 g/mol. The third kappa shape index (κ3) is 4.16. The second kappa shape index (κ2) is 8.08. The van der Waals surface area contributed by atoms with Crippen LogP contribution in [-0.2, 0) is 9.47 Å². The Morgan fingerprint density at radius 1 is 1.32 bits per heavy atom. The Kier molecular flexibility index (Phi) is 7.10. The second-order valence-electron chi connectivity index (χ2n) is 4.89. The van der Waals surface area contributed by atoms with Gasteiger partial charge < -0.3 is 9.47 Å². The summed E-state index contributed by atoms with van der Waals surface area (Å²) in [7, 11) is 1.70. The third-order valence-corrected chi connectivity index (χ3v) is 7.51. The maximum absolute atomic E-state index is 6.24. The number of hydrogen-bond acceptors (Lipinski definition) is 4. The predicted molar refractivity (Wildman–Crippen MR) is 92.3 cm³/mol. The van der Waals surface area contributed by atoms with Gasteiger partial charge in [0.2, 0.25) is 0 Å². The molecule has 1 saturated carbocycles. The summed E-state index contributed by atoms with van der Waals surface area (Å²) in [5, 5.41) is 0. The molecule has 19 heavy (non-hydrogen) atoms. The fourth-order valence-electron chi connectivity index (χ4n) is 2.88. The second-order valence-corrected chi connectivity index (χ2v) is 10.4. The smallest absolute Gasteiger partial charge is 0.147 e. The van der Waals surface area contributed by atoms with Crippen molar-refractivity contribution in [1.82, 2.24) is 0 Å². The normalized spacial score (nSPS) is 32.5. The lowest BCUT2D eigenvalue weighted by Crippen LogP contribution is -2.46. The molecule has 2 nitrogen and oxygen atoms in total. The molecule has 0 aromatic heterocycles. The maximum atomic E-state index is 6.24. The molecule has 6 heteroatoms. The first-order valence-corrected chi connectivity index (χ1v) is 10.3. The van der Waals surface area contributed by atoms with Gasteiger partial charge in [0, 0.05) is 13.0 Å². The van der Waals surface area contributed by atoms with Gasteiger partial charge in [-0.15, -0.1) is 23.5 Å². The maximum Gasteiger partial charge on any atom is 0.147 e. The lowest BCUT2D eigenvalue weighted by atomic mass is 9.92. The topological polar surface area (TPSA) is 18.5 Å². The van der Waals surface area contributed by atoms with E-state index in [4.69, 9.17) is 9.47 Å². The number of methoxy groups -OCH3 is 1. The average molecular weight is 432 g/mol. The molecule has 0 N–H and O–H groups in total. The molecule has 1 aliphatic heterocycles. The van der Waals surface area contributed by atoms with E-state index in [-0.39, 0.29) is 5.60 Å². The van der Waals surface area contributed by atoms with E-state index in [0.29, 0.717) is 17.3 Å². The van der Waals surface area contributed by atoms with Crippen LogP contribution in [0.3, 0.4) is 0 Å². The Morgan fingerprint density at radius 3 is 2.68 bits per heavy atom. The van der Waals surface area contributed by atoms with Crippen LogP contribution >= 0.6 is 55.4 Å². The lowest BCUT2D eigenvalue weighted by Gasteiger charge is -2.42. The Hall–Kier alpha value is 1.32. The summed E-state index contributed by atoms with van der Waals surface area (Å²) in [6.07, 6.45) is 7.14. The molecule has 0 aromatic rings. The molecule has 0 radical (unpaired) electrons. The first-order chi connectivity index (χ1) is 9.19. The number of thioether (sulfide) groups is 2. The number of hydrogen-bond donors (Lipinski definition) is 0. The van der Waals surface area contributed by atoms with E-state index in [2.05, 4.69) is 61.5 Å². The highest BCUT2D eigenvalue weighted by atomic mass is 79.9. The summed E-state index contributed by atoms with van der Waals surface area (Å²) >= 11 is 11.1. The highest BCUT2D eigenvalue weighted by Crippen LogP contribution is 2.52. The van der Waals surface area contributed by atoms with Crippen LogP contribution in [0, 0.1) is 5.92 Å². The van der Waals surface area contributed by atoms with Gasteiger partial charge in [-0.2, -0.15) is 0 Å². The van der Waals surface area contributed by atoms with E-state index in [0.717, 1.165) is 9.81 Å². The molecule has 0 unspecified atom stereocenters. The average Bonchev–Trinajstić information content (AvgIpc) is 2.81. The number of ether oxygens (including phenoxy) is 2. The van der Waals surface area contributed by atoms with Crippen molar-refractivity contribution >= 4 is 55.4 Å². The van der Waals surface area contributed by atoms with Gasteiger partial charge in [0.05, 0.1) is 13.6 Å². The van der Waals surface area contributed by atoms with Crippen molar-refractivity contribution in [3.63, 3.8) is 0 Å². The van der Waals surface area contributed by atoms with E-state index in [1.165, 1.54) is 30.8 Å². The van der Waals surface area contributed by atoms with Crippen molar-refractivity contribution in [3.8, 4) is 0 Å². The summed E-state index contributed by atoms with van der Waals surface area (Å²) in [4.78, 5) is 0. The summed E-state index contributed by atoms with van der Waals surface area (Å²) in [5.74, 6) is 2.96.